The third kappa shape index (κ3) is 2.06. The van der Waals surface area contributed by atoms with Gasteiger partial charge in [0.15, 0.2) is 0 Å². The molecule has 0 unspecified atom stereocenters. The smallest absolute Gasteiger partial charge is 0.0886 e. The van der Waals surface area contributed by atoms with Gasteiger partial charge < -0.3 is 0 Å². The van der Waals surface area contributed by atoms with Gasteiger partial charge in [0.05, 0.1) is 5.88 Å². The summed E-state index contributed by atoms with van der Waals surface area (Å²) in [4.78, 5) is 5.40. The van der Waals surface area contributed by atoms with Crippen molar-refractivity contribution in [2.24, 2.45) is 4.99 Å². The first-order valence-electron chi connectivity index (χ1n) is 2.86. The maximum atomic E-state index is 4.04. The Kier molecular flexibility index (Phi) is 2.58. The molecule has 0 N–H and O–H groups in total. The molecule has 0 aromatic rings. The van der Waals surface area contributed by atoms with Gasteiger partial charge in [0.2, 0.25) is 0 Å². The third-order valence-corrected chi connectivity index (χ3v) is 1.99. The summed E-state index contributed by atoms with van der Waals surface area (Å²) in [7, 11) is 0. The van der Waals surface area contributed by atoms with E-state index in [9.17, 15) is 0 Å². The highest BCUT2D eigenvalue weighted by atomic mass is 32.2. The molecule has 1 aliphatic heterocycles. The molecule has 48 valence electrons. The second kappa shape index (κ2) is 3.51. The van der Waals surface area contributed by atoms with Gasteiger partial charge in [0, 0.05) is 6.21 Å². The van der Waals surface area contributed by atoms with E-state index in [1.54, 1.807) is 11.8 Å². The summed E-state index contributed by atoms with van der Waals surface area (Å²) in [5.74, 6) is 0.875. The molecule has 0 saturated carbocycles. The van der Waals surface area contributed by atoms with Crippen molar-refractivity contribution in [2.75, 3.05) is 5.88 Å². The van der Waals surface area contributed by atoms with E-state index in [1.165, 1.54) is 4.91 Å². The van der Waals surface area contributed by atoms with E-state index in [1.807, 2.05) is 18.4 Å². The third-order valence-electron chi connectivity index (χ3n) is 1.04. The van der Waals surface area contributed by atoms with Crippen molar-refractivity contribution in [1.82, 2.24) is 0 Å². The molecule has 0 bridgehead atoms. The molecule has 0 fully saturated rings. The van der Waals surface area contributed by atoms with Gasteiger partial charge in [-0.05, 0) is 17.4 Å². The molecule has 0 aromatic carbocycles. The summed E-state index contributed by atoms with van der Waals surface area (Å²) in [6, 6.07) is 0. The second-order valence-electron chi connectivity index (χ2n) is 1.73. The van der Waals surface area contributed by atoms with Crippen LogP contribution in [0.4, 0.5) is 0 Å². The van der Waals surface area contributed by atoms with Gasteiger partial charge in [-0.25, -0.2) is 0 Å². The number of thioether (sulfide) groups is 1. The lowest BCUT2D eigenvalue weighted by molar-refractivity contribution is 1.33. The minimum absolute atomic E-state index is 0.875. The van der Waals surface area contributed by atoms with E-state index < -0.39 is 0 Å². The number of aliphatic imine (C=N–C) groups is 1. The van der Waals surface area contributed by atoms with Crippen LogP contribution in [0.3, 0.4) is 0 Å². The van der Waals surface area contributed by atoms with Crippen LogP contribution in [-0.2, 0) is 0 Å². The van der Waals surface area contributed by atoms with Gasteiger partial charge in [-0.3, -0.25) is 4.99 Å². The Labute approximate surface area is 59.6 Å². The SMILES string of the molecule is C=CCC1=CC=NCS1. The Hall–Kier alpha value is -0.500. The lowest BCUT2D eigenvalue weighted by atomic mass is 10.4. The van der Waals surface area contributed by atoms with Crippen LogP contribution in [0.15, 0.2) is 28.6 Å². The predicted molar refractivity (Wildman–Crippen MR) is 43.8 cm³/mol. The van der Waals surface area contributed by atoms with Crippen LogP contribution in [0.1, 0.15) is 6.42 Å². The molecule has 0 aliphatic carbocycles. The fraction of sp³-hybridized carbons (Fsp3) is 0.286. The molecule has 1 aliphatic rings. The van der Waals surface area contributed by atoms with Crippen molar-refractivity contribution in [3.8, 4) is 0 Å². The van der Waals surface area contributed by atoms with Gasteiger partial charge in [-0.15, -0.1) is 18.3 Å². The Morgan fingerprint density at radius 2 is 2.78 bits per heavy atom. The monoisotopic (exact) mass is 139 g/mol. The standard InChI is InChI=1S/C7H9NS/c1-2-3-7-4-5-8-6-9-7/h2,4-5H,1,3,6H2. The fourth-order valence-electron chi connectivity index (χ4n) is 0.616. The van der Waals surface area contributed by atoms with E-state index >= 15 is 0 Å². The average Bonchev–Trinajstić information content (AvgIpc) is 1.91. The first-order chi connectivity index (χ1) is 4.43. The molecule has 1 nitrogen and oxygen atoms in total. The van der Waals surface area contributed by atoms with Crippen LogP contribution in [0.2, 0.25) is 0 Å². The van der Waals surface area contributed by atoms with Crippen LogP contribution in [0, 0.1) is 0 Å². The topological polar surface area (TPSA) is 12.4 Å². The van der Waals surface area contributed by atoms with Gasteiger partial charge in [0.25, 0.3) is 0 Å². The van der Waals surface area contributed by atoms with Crippen LogP contribution >= 0.6 is 11.8 Å². The number of allylic oxidation sites excluding steroid dienone is 3. The molecule has 0 radical (unpaired) electrons. The average molecular weight is 139 g/mol. The number of hydrogen-bond donors (Lipinski definition) is 0. The highest BCUT2D eigenvalue weighted by molar-refractivity contribution is 8.03. The van der Waals surface area contributed by atoms with Crippen LogP contribution in [0.5, 0.6) is 0 Å². The molecule has 0 saturated heterocycles. The number of hydrogen-bond acceptors (Lipinski definition) is 2. The first-order valence-corrected chi connectivity index (χ1v) is 3.84. The first kappa shape index (κ1) is 6.62. The maximum absolute atomic E-state index is 4.04. The van der Waals surface area contributed by atoms with Gasteiger partial charge >= 0.3 is 0 Å². The summed E-state index contributed by atoms with van der Waals surface area (Å²) in [6.07, 6.45) is 6.79. The molecule has 0 aromatic heterocycles. The van der Waals surface area contributed by atoms with Crippen molar-refractivity contribution < 1.29 is 0 Å². The second-order valence-corrected chi connectivity index (χ2v) is 2.80. The molecule has 2 heteroatoms. The van der Waals surface area contributed by atoms with Crippen molar-refractivity contribution in [2.45, 2.75) is 6.42 Å². The largest absolute Gasteiger partial charge is 0.282 e. The number of rotatable bonds is 2. The Morgan fingerprint density at radius 3 is 3.33 bits per heavy atom. The summed E-state index contributed by atoms with van der Waals surface area (Å²) in [6.45, 7) is 3.66. The highest BCUT2D eigenvalue weighted by Gasteiger charge is 1.96. The van der Waals surface area contributed by atoms with E-state index in [0.717, 1.165) is 12.3 Å². The number of nitrogens with zero attached hydrogens (tertiary/aromatic N) is 1. The molecule has 9 heavy (non-hydrogen) atoms. The molecular weight excluding hydrogens is 130 g/mol. The predicted octanol–water partition coefficient (Wildman–Crippen LogP) is 2.22. The van der Waals surface area contributed by atoms with Gasteiger partial charge in [-0.1, -0.05) is 6.08 Å². The van der Waals surface area contributed by atoms with Gasteiger partial charge in [0.1, 0.15) is 0 Å². The summed E-state index contributed by atoms with van der Waals surface area (Å²) in [5, 5.41) is 0. The quantitative estimate of drug-likeness (QED) is 0.534. The fourth-order valence-corrected chi connectivity index (χ4v) is 1.34. The summed E-state index contributed by atoms with van der Waals surface area (Å²) < 4.78 is 0. The minimum Gasteiger partial charge on any atom is -0.282 e. The van der Waals surface area contributed by atoms with Gasteiger partial charge in [-0.2, -0.15) is 0 Å². The van der Waals surface area contributed by atoms with Crippen LogP contribution in [0.25, 0.3) is 0 Å². The Morgan fingerprint density at radius 1 is 1.89 bits per heavy atom. The molecule has 0 spiro atoms. The Balaban J connectivity index is 2.47. The Bertz CT molecular complexity index is 158. The summed E-state index contributed by atoms with van der Waals surface area (Å²) >= 11 is 1.78. The van der Waals surface area contributed by atoms with Crippen molar-refractivity contribution in [1.29, 1.82) is 0 Å². The highest BCUT2D eigenvalue weighted by Crippen LogP contribution is 2.21. The van der Waals surface area contributed by atoms with E-state index in [-0.39, 0.29) is 0 Å². The zero-order chi connectivity index (χ0) is 6.53. The molecular formula is C7H9NS. The lowest BCUT2D eigenvalue weighted by Gasteiger charge is -2.03. The van der Waals surface area contributed by atoms with Crippen LogP contribution < -0.4 is 0 Å². The van der Waals surface area contributed by atoms with Crippen molar-refractivity contribution in [3.63, 3.8) is 0 Å². The maximum Gasteiger partial charge on any atom is 0.0886 e. The molecule has 0 amide bonds. The van der Waals surface area contributed by atoms with E-state index in [0.29, 0.717) is 0 Å². The molecule has 1 heterocycles. The molecule has 0 atom stereocenters. The minimum atomic E-state index is 0.875. The zero-order valence-electron chi connectivity index (χ0n) is 5.21. The summed E-state index contributed by atoms with van der Waals surface area (Å²) in [5.41, 5.74) is 0. The zero-order valence-corrected chi connectivity index (χ0v) is 6.03. The van der Waals surface area contributed by atoms with E-state index in [2.05, 4.69) is 11.6 Å². The van der Waals surface area contributed by atoms with Crippen molar-refractivity contribution in [3.05, 3.63) is 23.6 Å². The van der Waals surface area contributed by atoms with E-state index in [4.69, 9.17) is 0 Å². The molecule has 1 rings (SSSR count). The van der Waals surface area contributed by atoms with Crippen LogP contribution in [-0.4, -0.2) is 12.1 Å². The normalized spacial score (nSPS) is 17.1. The van der Waals surface area contributed by atoms with Crippen molar-refractivity contribution >= 4 is 18.0 Å². The lowest BCUT2D eigenvalue weighted by Crippen LogP contribution is -1.85.